The zero-order valence-corrected chi connectivity index (χ0v) is 16.2. The summed E-state index contributed by atoms with van der Waals surface area (Å²) in [5.41, 5.74) is 2.77. The number of methoxy groups -OCH3 is 1. The highest BCUT2D eigenvalue weighted by Gasteiger charge is 2.23. The van der Waals surface area contributed by atoms with Gasteiger partial charge in [0.1, 0.15) is 0 Å². The number of nitrogens with one attached hydrogen (secondary N) is 2. The number of aryl methyl sites for hydroxylation is 1. The van der Waals surface area contributed by atoms with Crippen LogP contribution in [0.25, 0.3) is 10.9 Å². The Labute approximate surface area is 168 Å². The van der Waals surface area contributed by atoms with Crippen LogP contribution < -0.4 is 10.6 Å². The van der Waals surface area contributed by atoms with Crippen molar-refractivity contribution >= 4 is 40.1 Å². The first kappa shape index (κ1) is 19.9. The number of para-hydroxylation sites is 1. The number of hydrogen-bond donors (Lipinski definition) is 2. The molecule has 1 aromatic heterocycles. The molecule has 2 amide bonds. The minimum absolute atomic E-state index is 0.0711. The van der Waals surface area contributed by atoms with E-state index < -0.39 is 5.97 Å². The number of carbonyl (C=O) groups excluding carboxylic acids is 3. The van der Waals surface area contributed by atoms with Crippen molar-refractivity contribution in [2.75, 3.05) is 17.7 Å². The quantitative estimate of drug-likeness (QED) is 0.499. The number of carbonyl (C=O) groups is 3. The summed E-state index contributed by atoms with van der Waals surface area (Å²) >= 11 is 0. The van der Waals surface area contributed by atoms with Crippen LogP contribution in [0.1, 0.15) is 16.1 Å². The third-order valence-electron chi connectivity index (χ3n) is 4.49. The molecule has 0 fully saturated rings. The van der Waals surface area contributed by atoms with Gasteiger partial charge in [0.15, 0.2) is 5.69 Å². The molecule has 2 aromatic carbocycles. The van der Waals surface area contributed by atoms with Gasteiger partial charge in [-0.1, -0.05) is 36.9 Å². The van der Waals surface area contributed by atoms with Gasteiger partial charge >= 0.3 is 5.97 Å². The number of rotatable bonds is 6. The number of benzene rings is 2. The monoisotopic (exact) mass is 391 g/mol. The topological polar surface area (TPSA) is 89.4 Å². The molecule has 3 rings (SSSR count). The van der Waals surface area contributed by atoms with E-state index >= 15 is 0 Å². The van der Waals surface area contributed by atoms with Gasteiger partial charge in [-0.25, -0.2) is 4.79 Å². The SMILES string of the molecule is C=CC(=O)Nc1cccc(CC(=O)Nc2c(C(=O)OC)n(C)c3ccccc23)c1. The number of ether oxygens (including phenoxy) is 1. The first-order valence-electron chi connectivity index (χ1n) is 8.92. The van der Waals surface area contributed by atoms with Gasteiger partial charge in [-0.2, -0.15) is 0 Å². The second kappa shape index (κ2) is 8.43. The fraction of sp³-hybridized carbons (Fsp3) is 0.136. The largest absolute Gasteiger partial charge is 0.464 e. The van der Waals surface area contributed by atoms with Crippen molar-refractivity contribution in [2.24, 2.45) is 7.05 Å². The average molecular weight is 391 g/mol. The predicted molar refractivity (Wildman–Crippen MR) is 112 cm³/mol. The van der Waals surface area contributed by atoms with Crippen molar-refractivity contribution in [1.82, 2.24) is 4.57 Å². The van der Waals surface area contributed by atoms with Crippen LogP contribution in [-0.4, -0.2) is 29.5 Å². The van der Waals surface area contributed by atoms with Crippen LogP contribution >= 0.6 is 0 Å². The van der Waals surface area contributed by atoms with Gasteiger partial charge in [-0.05, 0) is 29.8 Å². The lowest BCUT2D eigenvalue weighted by atomic mass is 10.1. The number of esters is 1. The Hall–Kier alpha value is -3.87. The van der Waals surface area contributed by atoms with Crippen molar-refractivity contribution in [3.63, 3.8) is 0 Å². The summed E-state index contributed by atoms with van der Waals surface area (Å²) in [6, 6.07) is 14.4. The Morgan fingerprint density at radius 3 is 2.59 bits per heavy atom. The molecule has 0 aliphatic heterocycles. The molecule has 0 saturated heterocycles. The lowest BCUT2D eigenvalue weighted by molar-refractivity contribution is -0.115. The second-order valence-corrected chi connectivity index (χ2v) is 6.41. The van der Waals surface area contributed by atoms with Crippen molar-refractivity contribution in [2.45, 2.75) is 6.42 Å². The highest BCUT2D eigenvalue weighted by atomic mass is 16.5. The van der Waals surface area contributed by atoms with Gasteiger partial charge < -0.3 is 19.9 Å². The molecule has 0 spiro atoms. The average Bonchev–Trinajstić information content (AvgIpc) is 2.99. The first-order chi connectivity index (χ1) is 13.9. The molecule has 29 heavy (non-hydrogen) atoms. The van der Waals surface area contributed by atoms with Crippen LogP contribution in [0.15, 0.2) is 61.2 Å². The van der Waals surface area contributed by atoms with Crippen molar-refractivity contribution in [1.29, 1.82) is 0 Å². The van der Waals surface area contributed by atoms with Crippen LogP contribution in [0.4, 0.5) is 11.4 Å². The van der Waals surface area contributed by atoms with Crippen LogP contribution in [-0.2, 0) is 27.8 Å². The number of fused-ring (bicyclic) bond motifs is 1. The Morgan fingerprint density at radius 1 is 1.10 bits per heavy atom. The minimum Gasteiger partial charge on any atom is -0.464 e. The summed E-state index contributed by atoms with van der Waals surface area (Å²) in [5, 5.41) is 6.25. The summed E-state index contributed by atoms with van der Waals surface area (Å²) in [4.78, 5) is 36.5. The van der Waals surface area contributed by atoms with E-state index in [1.807, 2.05) is 24.3 Å². The van der Waals surface area contributed by atoms with E-state index in [1.165, 1.54) is 13.2 Å². The lowest BCUT2D eigenvalue weighted by Gasteiger charge is -2.09. The maximum absolute atomic E-state index is 12.7. The maximum atomic E-state index is 12.7. The van der Waals surface area contributed by atoms with Crippen LogP contribution in [0.3, 0.4) is 0 Å². The fourth-order valence-electron chi connectivity index (χ4n) is 3.18. The zero-order valence-electron chi connectivity index (χ0n) is 16.2. The Bertz CT molecular complexity index is 1110. The van der Waals surface area contributed by atoms with Gasteiger partial charge in [0, 0.05) is 18.1 Å². The predicted octanol–water partition coefficient (Wildman–Crippen LogP) is 3.27. The molecular formula is C22H21N3O4. The molecule has 0 radical (unpaired) electrons. The summed E-state index contributed by atoms with van der Waals surface area (Å²) in [7, 11) is 3.05. The molecule has 3 aromatic rings. The van der Waals surface area contributed by atoms with Gasteiger partial charge in [-0.15, -0.1) is 0 Å². The molecule has 0 bridgehead atoms. The molecule has 0 unspecified atom stereocenters. The molecule has 1 heterocycles. The number of hydrogen-bond acceptors (Lipinski definition) is 4. The van der Waals surface area contributed by atoms with E-state index in [4.69, 9.17) is 4.74 Å². The summed E-state index contributed by atoms with van der Waals surface area (Å²) in [6.07, 6.45) is 1.25. The lowest BCUT2D eigenvalue weighted by Crippen LogP contribution is -2.18. The van der Waals surface area contributed by atoms with Crippen LogP contribution in [0, 0.1) is 0 Å². The minimum atomic E-state index is -0.534. The third kappa shape index (κ3) is 4.19. The molecule has 2 N–H and O–H groups in total. The zero-order chi connectivity index (χ0) is 21.0. The van der Waals surface area contributed by atoms with E-state index in [0.717, 1.165) is 10.9 Å². The fourth-order valence-corrected chi connectivity index (χ4v) is 3.18. The maximum Gasteiger partial charge on any atom is 0.356 e. The molecule has 0 saturated carbocycles. The van der Waals surface area contributed by atoms with Crippen LogP contribution in [0.2, 0.25) is 0 Å². The van der Waals surface area contributed by atoms with Crippen LogP contribution in [0.5, 0.6) is 0 Å². The molecule has 7 nitrogen and oxygen atoms in total. The van der Waals surface area contributed by atoms with Crippen molar-refractivity contribution in [3.05, 3.63) is 72.4 Å². The number of amides is 2. The smallest absolute Gasteiger partial charge is 0.356 e. The molecular weight excluding hydrogens is 370 g/mol. The molecule has 7 heteroatoms. The Morgan fingerprint density at radius 2 is 1.86 bits per heavy atom. The molecule has 148 valence electrons. The van der Waals surface area contributed by atoms with E-state index in [2.05, 4.69) is 17.2 Å². The van der Waals surface area contributed by atoms with E-state index in [-0.39, 0.29) is 23.9 Å². The summed E-state index contributed by atoms with van der Waals surface area (Å²) in [5.74, 6) is -1.16. The highest BCUT2D eigenvalue weighted by Crippen LogP contribution is 2.31. The van der Waals surface area contributed by atoms with Gasteiger partial charge in [0.25, 0.3) is 0 Å². The molecule has 0 atom stereocenters. The second-order valence-electron chi connectivity index (χ2n) is 6.41. The highest BCUT2D eigenvalue weighted by molar-refractivity contribution is 6.11. The Kier molecular flexibility index (Phi) is 5.78. The standard InChI is InChI=1S/C22H21N3O4/c1-4-18(26)23-15-9-7-8-14(12-15)13-19(27)24-20-16-10-5-6-11-17(16)25(2)21(20)22(28)29-3/h4-12H,1,13H2,2-3H3,(H,23,26)(H,24,27). The normalized spacial score (nSPS) is 10.4. The van der Waals surface area contributed by atoms with E-state index in [9.17, 15) is 14.4 Å². The van der Waals surface area contributed by atoms with E-state index in [0.29, 0.717) is 16.9 Å². The van der Waals surface area contributed by atoms with Gasteiger partial charge in [-0.3, -0.25) is 9.59 Å². The molecule has 0 aliphatic rings. The number of nitrogens with zero attached hydrogens (tertiary/aromatic N) is 1. The van der Waals surface area contributed by atoms with Crippen molar-refractivity contribution < 1.29 is 19.1 Å². The molecule has 0 aliphatic carbocycles. The third-order valence-corrected chi connectivity index (χ3v) is 4.49. The first-order valence-corrected chi connectivity index (χ1v) is 8.92. The van der Waals surface area contributed by atoms with E-state index in [1.54, 1.807) is 35.9 Å². The number of aromatic nitrogens is 1. The summed E-state index contributed by atoms with van der Waals surface area (Å²) in [6.45, 7) is 3.41. The summed E-state index contributed by atoms with van der Waals surface area (Å²) < 4.78 is 6.59. The van der Waals surface area contributed by atoms with Gasteiger partial charge in [0.05, 0.1) is 24.7 Å². The Balaban J connectivity index is 1.87. The van der Waals surface area contributed by atoms with Gasteiger partial charge in [0.2, 0.25) is 11.8 Å². The van der Waals surface area contributed by atoms with Crippen molar-refractivity contribution in [3.8, 4) is 0 Å². The number of anilines is 2.